The van der Waals surface area contributed by atoms with E-state index < -0.39 is 0 Å². The van der Waals surface area contributed by atoms with Gasteiger partial charge in [-0.05, 0) is 49.2 Å². The first-order valence-corrected chi connectivity index (χ1v) is 9.06. The van der Waals surface area contributed by atoms with Crippen molar-refractivity contribution in [3.05, 3.63) is 64.3 Å². The van der Waals surface area contributed by atoms with Crippen LogP contribution < -0.4 is 5.32 Å². The van der Waals surface area contributed by atoms with Crippen molar-refractivity contribution in [3.63, 3.8) is 0 Å². The van der Waals surface area contributed by atoms with E-state index in [0.717, 1.165) is 51.7 Å². The number of nitrogens with one attached hydrogen (secondary N) is 1. The van der Waals surface area contributed by atoms with Crippen molar-refractivity contribution >= 4 is 38.4 Å². The lowest BCUT2D eigenvalue weighted by Gasteiger charge is -2.11. The molecule has 2 aromatic carbocycles. The van der Waals surface area contributed by atoms with Crippen LogP contribution >= 0.6 is 15.9 Å². The van der Waals surface area contributed by atoms with Gasteiger partial charge in [0.05, 0.1) is 0 Å². The molecule has 124 valence electrons. The normalized spacial score (nSPS) is 11.0. The molecule has 24 heavy (non-hydrogen) atoms. The van der Waals surface area contributed by atoms with Crippen molar-refractivity contribution in [2.24, 2.45) is 0 Å². The van der Waals surface area contributed by atoms with Crippen LogP contribution in [0.4, 0.5) is 5.69 Å². The third kappa shape index (κ3) is 3.24. The largest absolute Gasteiger partial charge is 0.336 e. The summed E-state index contributed by atoms with van der Waals surface area (Å²) in [7, 11) is 0. The van der Waals surface area contributed by atoms with Crippen LogP contribution in [0.5, 0.6) is 0 Å². The number of para-hydroxylation sites is 1. The van der Waals surface area contributed by atoms with Crippen molar-refractivity contribution in [1.82, 2.24) is 4.57 Å². The molecular weight excluding hydrogens is 364 g/mol. The molecule has 3 aromatic rings. The molecule has 0 atom stereocenters. The minimum absolute atomic E-state index is 0.0536. The smallest absolute Gasteiger partial charge is 0.272 e. The molecule has 0 bridgehead atoms. The van der Waals surface area contributed by atoms with Gasteiger partial charge in [-0.3, -0.25) is 4.79 Å². The lowest BCUT2D eigenvalue weighted by Crippen LogP contribution is -2.18. The number of amides is 1. The standard InChI is InChI=1S/C20H21BrN2O/c1-3-4-13-23-18-8-6-5-7-17(18)14(2)19(23)20(24)22-16-11-9-15(21)10-12-16/h5-12H,3-4,13H2,1-2H3,(H,22,24). The summed E-state index contributed by atoms with van der Waals surface area (Å²) in [5.41, 5.74) is 3.73. The average Bonchev–Trinajstić information content (AvgIpc) is 2.88. The zero-order valence-corrected chi connectivity index (χ0v) is 15.6. The van der Waals surface area contributed by atoms with Crippen molar-refractivity contribution in [3.8, 4) is 0 Å². The number of hydrogen-bond donors (Lipinski definition) is 1. The Morgan fingerprint density at radius 2 is 1.83 bits per heavy atom. The van der Waals surface area contributed by atoms with Gasteiger partial charge < -0.3 is 9.88 Å². The quantitative estimate of drug-likeness (QED) is 0.595. The Morgan fingerprint density at radius 3 is 2.54 bits per heavy atom. The molecule has 0 spiro atoms. The van der Waals surface area contributed by atoms with E-state index in [4.69, 9.17) is 0 Å². The molecule has 0 fully saturated rings. The maximum Gasteiger partial charge on any atom is 0.272 e. The maximum atomic E-state index is 12.9. The highest BCUT2D eigenvalue weighted by Gasteiger charge is 2.19. The molecule has 0 aliphatic heterocycles. The van der Waals surface area contributed by atoms with E-state index in [0.29, 0.717) is 0 Å². The Bertz CT molecular complexity index is 865. The van der Waals surface area contributed by atoms with Crippen LogP contribution in [0.3, 0.4) is 0 Å². The van der Waals surface area contributed by atoms with E-state index in [1.807, 2.05) is 43.3 Å². The van der Waals surface area contributed by atoms with E-state index in [1.54, 1.807) is 0 Å². The Hall–Kier alpha value is -2.07. The maximum absolute atomic E-state index is 12.9. The number of nitrogens with zero attached hydrogens (tertiary/aromatic N) is 1. The van der Waals surface area contributed by atoms with Crippen molar-refractivity contribution in [1.29, 1.82) is 0 Å². The van der Waals surface area contributed by atoms with Crippen LogP contribution in [0.1, 0.15) is 35.8 Å². The van der Waals surface area contributed by atoms with Gasteiger partial charge in [-0.15, -0.1) is 0 Å². The van der Waals surface area contributed by atoms with E-state index >= 15 is 0 Å². The number of rotatable bonds is 5. The SMILES string of the molecule is CCCCn1c(C(=O)Nc2ccc(Br)cc2)c(C)c2ccccc21. The minimum atomic E-state index is -0.0536. The van der Waals surface area contributed by atoms with Gasteiger partial charge in [0, 0.05) is 27.6 Å². The molecule has 3 nitrogen and oxygen atoms in total. The van der Waals surface area contributed by atoms with Gasteiger partial charge in [0.1, 0.15) is 5.69 Å². The second-order valence-electron chi connectivity index (χ2n) is 5.96. The number of carbonyl (C=O) groups excluding carboxylic acids is 1. The number of aryl methyl sites for hydroxylation is 2. The molecule has 1 N–H and O–H groups in total. The molecule has 0 radical (unpaired) electrons. The molecule has 3 rings (SSSR count). The summed E-state index contributed by atoms with van der Waals surface area (Å²) in [6.45, 7) is 5.05. The molecular formula is C20H21BrN2O. The van der Waals surface area contributed by atoms with Gasteiger partial charge in [-0.2, -0.15) is 0 Å². The number of fused-ring (bicyclic) bond motifs is 1. The summed E-state index contributed by atoms with van der Waals surface area (Å²) in [6.07, 6.45) is 2.15. The van der Waals surface area contributed by atoms with Crippen LogP contribution in [0, 0.1) is 6.92 Å². The fourth-order valence-electron chi connectivity index (χ4n) is 3.04. The summed E-state index contributed by atoms with van der Waals surface area (Å²) in [4.78, 5) is 12.9. The fraction of sp³-hybridized carbons (Fsp3) is 0.250. The first-order chi connectivity index (χ1) is 11.6. The number of benzene rings is 2. The summed E-state index contributed by atoms with van der Waals surface area (Å²) < 4.78 is 3.15. The Kier molecular flexibility index (Phi) is 5.05. The van der Waals surface area contributed by atoms with Crippen molar-refractivity contribution in [2.45, 2.75) is 33.2 Å². The number of halogens is 1. The summed E-state index contributed by atoms with van der Waals surface area (Å²) in [5.74, 6) is -0.0536. The molecule has 0 aliphatic carbocycles. The number of anilines is 1. The fourth-order valence-corrected chi connectivity index (χ4v) is 3.31. The summed E-state index contributed by atoms with van der Waals surface area (Å²) in [6, 6.07) is 15.9. The zero-order chi connectivity index (χ0) is 17.1. The second-order valence-corrected chi connectivity index (χ2v) is 6.87. The van der Waals surface area contributed by atoms with Gasteiger partial charge in [-0.25, -0.2) is 0 Å². The highest BCUT2D eigenvalue weighted by atomic mass is 79.9. The summed E-state index contributed by atoms with van der Waals surface area (Å²) in [5, 5.41) is 4.17. The van der Waals surface area contributed by atoms with Gasteiger partial charge in [0.25, 0.3) is 5.91 Å². The Morgan fingerprint density at radius 1 is 1.12 bits per heavy atom. The molecule has 4 heteroatoms. The van der Waals surface area contributed by atoms with Gasteiger partial charge in [-0.1, -0.05) is 47.5 Å². The van der Waals surface area contributed by atoms with Crippen LogP contribution in [0.2, 0.25) is 0 Å². The average molecular weight is 385 g/mol. The van der Waals surface area contributed by atoms with Crippen LogP contribution in [-0.4, -0.2) is 10.5 Å². The lowest BCUT2D eigenvalue weighted by atomic mass is 10.1. The van der Waals surface area contributed by atoms with Gasteiger partial charge >= 0.3 is 0 Å². The zero-order valence-electron chi connectivity index (χ0n) is 14.0. The number of aromatic nitrogens is 1. The van der Waals surface area contributed by atoms with Crippen LogP contribution in [0.25, 0.3) is 10.9 Å². The molecule has 0 aliphatic rings. The first-order valence-electron chi connectivity index (χ1n) is 8.26. The minimum Gasteiger partial charge on any atom is -0.336 e. The van der Waals surface area contributed by atoms with Gasteiger partial charge in [0.2, 0.25) is 0 Å². The third-order valence-electron chi connectivity index (χ3n) is 4.28. The summed E-state index contributed by atoms with van der Waals surface area (Å²) >= 11 is 3.41. The monoisotopic (exact) mass is 384 g/mol. The van der Waals surface area contributed by atoms with Crippen molar-refractivity contribution in [2.75, 3.05) is 5.32 Å². The highest BCUT2D eigenvalue weighted by molar-refractivity contribution is 9.10. The second kappa shape index (κ2) is 7.22. The molecule has 1 heterocycles. The van der Waals surface area contributed by atoms with E-state index in [1.165, 1.54) is 0 Å². The van der Waals surface area contributed by atoms with E-state index in [9.17, 15) is 4.79 Å². The highest BCUT2D eigenvalue weighted by Crippen LogP contribution is 2.27. The Labute approximate surface area is 150 Å². The lowest BCUT2D eigenvalue weighted by molar-refractivity contribution is 0.101. The molecule has 0 saturated heterocycles. The molecule has 0 unspecified atom stereocenters. The predicted octanol–water partition coefficient (Wildman–Crippen LogP) is 5.76. The molecule has 0 saturated carbocycles. The number of hydrogen-bond acceptors (Lipinski definition) is 1. The van der Waals surface area contributed by atoms with E-state index in [-0.39, 0.29) is 5.91 Å². The predicted molar refractivity (Wildman–Crippen MR) is 104 cm³/mol. The first kappa shape index (κ1) is 16.8. The topological polar surface area (TPSA) is 34.0 Å². The third-order valence-corrected chi connectivity index (χ3v) is 4.81. The number of carbonyl (C=O) groups is 1. The van der Waals surface area contributed by atoms with Crippen LogP contribution in [-0.2, 0) is 6.54 Å². The molecule has 1 amide bonds. The van der Waals surface area contributed by atoms with E-state index in [2.05, 4.69) is 44.9 Å². The Balaban J connectivity index is 2.01. The van der Waals surface area contributed by atoms with Gasteiger partial charge in [0.15, 0.2) is 0 Å². The van der Waals surface area contributed by atoms with Crippen molar-refractivity contribution < 1.29 is 4.79 Å². The molecule has 1 aromatic heterocycles. The van der Waals surface area contributed by atoms with Crippen LogP contribution in [0.15, 0.2) is 53.0 Å². The number of unbranched alkanes of at least 4 members (excludes halogenated alkanes) is 1.